The number of hydrogen-bond acceptors (Lipinski definition) is 4. The highest BCUT2D eigenvalue weighted by atomic mass is 35.5. The van der Waals surface area contributed by atoms with Crippen molar-refractivity contribution in [2.75, 3.05) is 0 Å². The van der Waals surface area contributed by atoms with E-state index in [4.69, 9.17) is 22.5 Å². The lowest BCUT2D eigenvalue weighted by molar-refractivity contribution is 0.318. The topological polar surface area (TPSA) is 89.3 Å². The number of hydrogen-bond donors (Lipinski definition) is 2. The van der Waals surface area contributed by atoms with Gasteiger partial charge < -0.3 is 10.9 Å². The fourth-order valence-corrected chi connectivity index (χ4v) is 1.68. The van der Waals surface area contributed by atoms with E-state index >= 15 is 0 Å². The van der Waals surface area contributed by atoms with Crippen LogP contribution in [0.4, 0.5) is 0 Å². The van der Waals surface area contributed by atoms with Crippen LogP contribution in [0.1, 0.15) is 17.0 Å². The summed E-state index contributed by atoms with van der Waals surface area (Å²) in [5, 5.41) is 16.4. The summed E-state index contributed by atoms with van der Waals surface area (Å²) in [4.78, 5) is 4.00. The lowest BCUT2D eigenvalue weighted by Crippen LogP contribution is -2.15. The largest absolute Gasteiger partial charge is 0.409 e. The average Bonchev–Trinajstić information content (AvgIpc) is 2.67. The molecule has 18 heavy (non-hydrogen) atoms. The molecule has 0 aromatic carbocycles. The van der Waals surface area contributed by atoms with Gasteiger partial charge in [0.25, 0.3) is 0 Å². The number of nitrogens with zero attached hydrogens (tertiary/aromatic N) is 4. The third-order valence-corrected chi connectivity index (χ3v) is 2.80. The molecule has 0 spiro atoms. The molecule has 94 valence electrons. The summed E-state index contributed by atoms with van der Waals surface area (Å²) >= 11 is 5.93. The van der Waals surface area contributed by atoms with E-state index in [9.17, 15) is 0 Å². The van der Waals surface area contributed by atoms with Crippen molar-refractivity contribution in [2.24, 2.45) is 10.9 Å². The maximum absolute atomic E-state index is 8.60. The standard InChI is InChI=1S/C11H12ClN5O/c1-7-9(12)6-17(15-7)5-8-2-3-14-10(4-8)11(13)16-18/h2-4,6,18H,5H2,1H3,(H2,13,16). The Morgan fingerprint density at radius 3 is 3.00 bits per heavy atom. The molecule has 0 aliphatic heterocycles. The van der Waals surface area contributed by atoms with Crippen molar-refractivity contribution in [2.45, 2.75) is 13.5 Å². The van der Waals surface area contributed by atoms with Gasteiger partial charge in [-0.25, -0.2) is 0 Å². The van der Waals surface area contributed by atoms with Crippen LogP contribution in [0.2, 0.25) is 5.02 Å². The van der Waals surface area contributed by atoms with Crippen molar-refractivity contribution in [1.29, 1.82) is 0 Å². The summed E-state index contributed by atoms with van der Waals surface area (Å²) in [6.07, 6.45) is 3.35. The Hall–Kier alpha value is -2.08. The van der Waals surface area contributed by atoms with Gasteiger partial charge in [-0.2, -0.15) is 5.10 Å². The molecule has 0 atom stereocenters. The van der Waals surface area contributed by atoms with Gasteiger partial charge >= 0.3 is 0 Å². The molecular formula is C11H12ClN5O. The molecule has 7 heteroatoms. The first-order chi connectivity index (χ1) is 8.60. The summed E-state index contributed by atoms with van der Waals surface area (Å²) < 4.78 is 1.73. The van der Waals surface area contributed by atoms with Gasteiger partial charge in [0.2, 0.25) is 0 Å². The third kappa shape index (κ3) is 2.60. The average molecular weight is 266 g/mol. The van der Waals surface area contributed by atoms with E-state index in [2.05, 4.69) is 15.2 Å². The van der Waals surface area contributed by atoms with E-state index in [0.717, 1.165) is 11.3 Å². The zero-order chi connectivity index (χ0) is 13.1. The second-order valence-electron chi connectivity index (χ2n) is 3.79. The van der Waals surface area contributed by atoms with Crippen LogP contribution in [0.15, 0.2) is 29.7 Å². The Kier molecular flexibility index (Phi) is 3.47. The molecule has 2 aromatic rings. The monoisotopic (exact) mass is 265 g/mol. The molecule has 0 saturated carbocycles. The van der Waals surface area contributed by atoms with Crippen LogP contribution >= 0.6 is 11.6 Å². The summed E-state index contributed by atoms with van der Waals surface area (Å²) in [7, 11) is 0. The minimum atomic E-state index is -0.0217. The number of pyridine rings is 1. The molecule has 2 aromatic heterocycles. The molecule has 0 aliphatic rings. The van der Waals surface area contributed by atoms with E-state index in [1.54, 1.807) is 23.1 Å². The number of aryl methyl sites for hydroxylation is 1. The second-order valence-corrected chi connectivity index (χ2v) is 4.20. The molecule has 2 heterocycles. The van der Waals surface area contributed by atoms with Crippen LogP contribution < -0.4 is 5.73 Å². The van der Waals surface area contributed by atoms with Crippen LogP contribution in [0.25, 0.3) is 0 Å². The van der Waals surface area contributed by atoms with Crippen molar-refractivity contribution in [3.8, 4) is 0 Å². The zero-order valence-corrected chi connectivity index (χ0v) is 10.5. The number of aromatic nitrogens is 3. The molecule has 6 nitrogen and oxygen atoms in total. The lowest BCUT2D eigenvalue weighted by Gasteiger charge is -2.03. The second kappa shape index (κ2) is 5.05. The zero-order valence-electron chi connectivity index (χ0n) is 9.71. The minimum Gasteiger partial charge on any atom is -0.409 e. The predicted molar refractivity (Wildman–Crippen MR) is 67.8 cm³/mol. The number of oxime groups is 1. The van der Waals surface area contributed by atoms with E-state index in [1.165, 1.54) is 0 Å². The summed E-state index contributed by atoms with van der Waals surface area (Å²) in [5.41, 5.74) is 7.62. The number of nitrogens with two attached hydrogens (primary N) is 1. The molecule has 0 fully saturated rings. The van der Waals surface area contributed by atoms with E-state index in [-0.39, 0.29) is 5.84 Å². The van der Waals surface area contributed by atoms with Crippen molar-refractivity contribution in [3.05, 3.63) is 46.5 Å². The molecular weight excluding hydrogens is 254 g/mol. The SMILES string of the molecule is Cc1nn(Cc2ccnc(C(N)=NO)c2)cc1Cl. The first kappa shape index (κ1) is 12.4. The summed E-state index contributed by atoms with van der Waals surface area (Å²) in [6.45, 7) is 2.38. The predicted octanol–water partition coefficient (Wildman–Crippen LogP) is 1.38. The minimum absolute atomic E-state index is 0.0217. The Balaban J connectivity index is 2.24. The van der Waals surface area contributed by atoms with Gasteiger partial charge in [-0.1, -0.05) is 16.8 Å². The highest BCUT2D eigenvalue weighted by Gasteiger charge is 2.05. The highest BCUT2D eigenvalue weighted by molar-refractivity contribution is 6.31. The first-order valence-electron chi connectivity index (χ1n) is 5.22. The van der Waals surface area contributed by atoms with Crippen molar-refractivity contribution in [1.82, 2.24) is 14.8 Å². The van der Waals surface area contributed by atoms with Crippen molar-refractivity contribution < 1.29 is 5.21 Å². The van der Waals surface area contributed by atoms with Gasteiger partial charge in [-0.3, -0.25) is 9.67 Å². The Morgan fingerprint density at radius 2 is 2.39 bits per heavy atom. The van der Waals surface area contributed by atoms with Crippen LogP contribution in [0, 0.1) is 6.92 Å². The summed E-state index contributed by atoms with van der Waals surface area (Å²) in [5.74, 6) is -0.0217. The van der Waals surface area contributed by atoms with Crippen LogP contribution in [-0.2, 0) is 6.54 Å². The smallest absolute Gasteiger partial charge is 0.188 e. The van der Waals surface area contributed by atoms with E-state index < -0.39 is 0 Å². The van der Waals surface area contributed by atoms with Gasteiger partial charge in [0, 0.05) is 12.4 Å². The van der Waals surface area contributed by atoms with Crippen molar-refractivity contribution >= 4 is 17.4 Å². The molecule has 0 unspecified atom stereocenters. The van der Waals surface area contributed by atoms with Gasteiger partial charge in [-0.05, 0) is 24.6 Å². The van der Waals surface area contributed by atoms with Gasteiger partial charge in [0.05, 0.1) is 17.3 Å². The molecule has 0 radical (unpaired) electrons. The highest BCUT2D eigenvalue weighted by Crippen LogP contribution is 2.13. The fraction of sp³-hybridized carbons (Fsp3) is 0.182. The summed E-state index contributed by atoms with van der Waals surface area (Å²) in [6, 6.07) is 3.57. The Labute approximate surface area is 109 Å². The molecule has 0 aliphatic carbocycles. The van der Waals surface area contributed by atoms with Gasteiger partial charge in [-0.15, -0.1) is 0 Å². The Morgan fingerprint density at radius 1 is 1.61 bits per heavy atom. The van der Waals surface area contributed by atoms with Gasteiger partial charge in [0.1, 0.15) is 5.69 Å². The normalized spacial score (nSPS) is 11.8. The third-order valence-electron chi connectivity index (χ3n) is 2.43. The maximum atomic E-state index is 8.60. The fourth-order valence-electron chi connectivity index (χ4n) is 1.53. The first-order valence-corrected chi connectivity index (χ1v) is 5.60. The van der Waals surface area contributed by atoms with Crippen LogP contribution in [0.3, 0.4) is 0 Å². The molecule has 0 saturated heterocycles. The van der Waals surface area contributed by atoms with E-state index in [0.29, 0.717) is 17.3 Å². The Bertz CT molecular complexity index is 573. The lowest BCUT2D eigenvalue weighted by atomic mass is 10.2. The maximum Gasteiger partial charge on any atom is 0.188 e. The van der Waals surface area contributed by atoms with Crippen LogP contribution in [-0.4, -0.2) is 25.8 Å². The molecule has 0 bridgehead atoms. The van der Waals surface area contributed by atoms with Gasteiger partial charge in [0.15, 0.2) is 5.84 Å². The number of amidine groups is 1. The number of halogens is 1. The quantitative estimate of drug-likeness (QED) is 0.380. The number of rotatable bonds is 3. The molecule has 0 amide bonds. The van der Waals surface area contributed by atoms with Crippen LogP contribution in [0.5, 0.6) is 0 Å². The van der Waals surface area contributed by atoms with Crippen molar-refractivity contribution in [3.63, 3.8) is 0 Å². The molecule has 3 N–H and O–H groups in total. The van der Waals surface area contributed by atoms with E-state index in [1.807, 2.05) is 13.0 Å². The molecule has 2 rings (SSSR count).